The third kappa shape index (κ3) is 8.22. The molecular weight excluding hydrogens is 188 g/mol. The van der Waals surface area contributed by atoms with E-state index in [0.29, 0.717) is 0 Å². The van der Waals surface area contributed by atoms with Crippen LogP contribution in [-0.2, 0) is 9.53 Å². The summed E-state index contributed by atoms with van der Waals surface area (Å²) in [6.45, 7) is 9.64. The van der Waals surface area contributed by atoms with Crippen molar-refractivity contribution in [3.05, 3.63) is 11.6 Å². The van der Waals surface area contributed by atoms with E-state index in [0.717, 1.165) is 18.4 Å². The maximum atomic E-state index is 11.5. The summed E-state index contributed by atoms with van der Waals surface area (Å²) in [4.78, 5) is 11.5. The molecule has 0 saturated carbocycles. The van der Waals surface area contributed by atoms with Crippen molar-refractivity contribution in [3.8, 4) is 0 Å². The second kappa shape index (κ2) is 6.65. The Hall–Kier alpha value is -0.790. The van der Waals surface area contributed by atoms with Crippen LogP contribution in [0.15, 0.2) is 11.6 Å². The van der Waals surface area contributed by atoms with Crippen molar-refractivity contribution in [2.75, 3.05) is 0 Å². The first-order chi connectivity index (χ1) is 6.87. The largest absolute Gasteiger partial charge is 0.457 e. The maximum absolute atomic E-state index is 11.5. The van der Waals surface area contributed by atoms with Gasteiger partial charge < -0.3 is 4.74 Å². The molecule has 0 aromatic carbocycles. The Labute approximate surface area is 93.7 Å². The number of hydrogen-bond donors (Lipinski definition) is 0. The molecule has 0 aliphatic rings. The highest BCUT2D eigenvalue weighted by Gasteiger charge is 2.16. The third-order valence-corrected chi connectivity index (χ3v) is 1.98. The summed E-state index contributed by atoms with van der Waals surface area (Å²) < 4.78 is 5.25. The molecule has 0 heterocycles. The molecule has 0 N–H and O–H groups in total. The predicted molar refractivity (Wildman–Crippen MR) is 63.7 cm³/mol. The molecule has 0 amide bonds. The Balaban J connectivity index is 3.97. The summed E-state index contributed by atoms with van der Waals surface area (Å²) in [6, 6.07) is 0. The van der Waals surface area contributed by atoms with Crippen molar-refractivity contribution in [2.45, 2.75) is 65.9 Å². The van der Waals surface area contributed by atoms with Gasteiger partial charge in [0.15, 0.2) is 0 Å². The fourth-order valence-electron chi connectivity index (χ4n) is 1.15. The highest BCUT2D eigenvalue weighted by Crippen LogP contribution is 2.11. The van der Waals surface area contributed by atoms with Gasteiger partial charge in [-0.1, -0.05) is 25.8 Å². The average molecular weight is 212 g/mol. The van der Waals surface area contributed by atoms with Gasteiger partial charge in [-0.15, -0.1) is 0 Å². The molecule has 88 valence electrons. The number of unbranched alkanes of at least 4 members (excludes halogenated alkanes) is 3. The van der Waals surface area contributed by atoms with Crippen molar-refractivity contribution in [3.63, 3.8) is 0 Å². The number of rotatable bonds is 5. The van der Waals surface area contributed by atoms with E-state index < -0.39 is 5.60 Å². The molecule has 15 heavy (non-hydrogen) atoms. The molecule has 0 spiro atoms. The Morgan fingerprint density at radius 3 is 2.33 bits per heavy atom. The van der Waals surface area contributed by atoms with Gasteiger partial charge in [-0.05, 0) is 40.5 Å². The molecule has 0 fully saturated rings. The second-order valence-electron chi connectivity index (χ2n) is 4.88. The van der Waals surface area contributed by atoms with Gasteiger partial charge in [0, 0.05) is 5.57 Å². The van der Waals surface area contributed by atoms with Crippen LogP contribution in [0.3, 0.4) is 0 Å². The molecule has 0 aliphatic heterocycles. The van der Waals surface area contributed by atoms with Crippen LogP contribution in [0.25, 0.3) is 0 Å². The fourth-order valence-corrected chi connectivity index (χ4v) is 1.15. The van der Waals surface area contributed by atoms with Crippen molar-refractivity contribution >= 4 is 5.97 Å². The van der Waals surface area contributed by atoms with Crippen LogP contribution in [0.5, 0.6) is 0 Å². The van der Waals surface area contributed by atoms with Crippen LogP contribution in [0.1, 0.15) is 60.3 Å². The van der Waals surface area contributed by atoms with Gasteiger partial charge in [0.05, 0.1) is 0 Å². The molecule has 2 heteroatoms. The van der Waals surface area contributed by atoms with Gasteiger partial charge in [-0.25, -0.2) is 4.79 Å². The van der Waals surface area contributed by atoms with Crippen LogP contribution >= 0.6 is 0 Å². The molecule has 0 aliphatic carbocycles. The lowest BCUT2D eigenvalue weighted by atomic mass is 10.1. The molecule has 0 rings (SSSR count). The van der Waals surface area contributed by atoms with E-state index in [2.05, 4.69) is 6.92 Å². The topological polar surface area (TPSA) is 26.3 Å². The lowest BCUT2D eigenvalue weighted by Gasteiger charge is -2.19. The zero-order chi connectivity index (χ0) is 11.9. The first kappa shape index (κ1) is 14.2. The Morgan fingerprint density at radius 1 is 1.27 bits per heavy atom. The van der Waals surface area contributed by atoms with Crippen LogP contribution < -0.4 is 0 Å². The molecule has 2 nitrogen and oxygen atoms in total. The van der Waals surface area contributed by atoms with Gasteiger partial charge in [-0.2, -0.15) is 0 Å². The molecular formula is C13H24O2. The number of hydrogen-bond acceptors (Lipinski definition) is 2. The molecule has 0 aromatic heterocycles. The van der Waals surface area contributed by atoms with Crippen molar-refractivity contribution < 1.29 is 9.53 Å². The minimum Gasteiger partial charge on any atom is -0.457 e. The van der Waals surface area contributed by atoms with Crippen LogP contribution in [0.4, 0.5) is 0 Å². The molecule has 0 saturated heterocycles. The van der Waals surface area contributed by atoms with E-state index in [1.807, 2.05) is 33.8 Å². The van der Waals surface area contributed by atoms with Gasteiger partial charge in [0.25, 0.3) is 0 Å². The van der Waals surface area contributed by atoms with Gasteiger partial charge in [0.2, 0.25) is 0 Å². The van der Waals surface area contributed by atoms with Crippen LogP contribution in [0.2, 0.25) is 0 Å². The van der Waals surface area contributed by atoms with Gasteiger partial charge in [0.1, 0.15) is 5.60 Å². The number of allylic oxidation sites excluding steroid dienone is 1. The summed E-state index contributed by atoms with van der Waals surface area (Å²) >= 11 is 0. The predicted octanol–water partition coefficient (Wildman–Crippen LogP) is 3.85. The average Bonchev–Trinajstić information content (AvgIpc) is 2.09. The second-order valence-corrected chi connectivity index (χ2v) is 4.88. The monoisotopic (exact) mass is 212 g/mol. The highest BCUT2D eigenvalue weighted by molar-refractivity contribution is 5.87. The van der Waals surface area contributed by atoms with Crippen molar-refractivity contribution in [1.82, 2.24) is 0 Å². The Bertz CT molecular complexity index is 221. The third-order valence-electron chi connectivity index (χ3n) is 1.98. The van der Waals surface area contributed by atoms with E-state index in [-0.39, 0.29) is 5.97 Å². The molecule has 0 radical (unpaired) electrons. The Kier molecular flexibility index (Phi) is 6.30. The summed E-state index contributed by atoms with van der Waals surface area (Å²) in [5.41, 5.74) is 0.330. The molecule has 0 bridgehead atoms. The van der Waals surface area contributed by atoms with E-state index in [4.69, 9.17) is 4.74 Å². The SMILES string of the molecule is CCCCCC=C(C)C(=O)OC(C)(C)C. The van der Waals surface area contributed by atoms with Crippen LogP contribution in [-0.4, -0.2) is 11.6 Å². The molecule has 0 aromatic rings. The number of carbonyl (C=O) groups is 1. The lowest BCUT2D eigenvalue weighted by Crippen LogP contribution is -2.24. The van der Waals surface area contributed by atoms with Gasteiger partial charge in [-0.3, -0.25) is 0 Å². The van der Waals surface area contributed by atoms with E-state index in [9.17, 15) is 4.79 Å². The van der Waals surface area contributed by atoms with Crippen LogP contribution in [0, 0.1) is 0 Å². The number of esters is 1. The first-order valence-corrected chi connectivity index (χ1v) is 5.77. The highest BCUT2D eigenvalue weighted by atomic mass is 16.6. The lowest BCUT2D eigenvalue weighted by molar-refractivity contribution is -0.149. The van der Waals surface area contributed by atoms with Gasteiger partial charge >= 0.3 is 5.97 Å². The quantitative estimate of drug-likeness (QED) is 0.393. The molecule has 0 unspecified atom stereocenters. The smallest absolute Gasteiger partial charge is 0.333 e. The zero-order valence-electron chi connectivity index (χ0n) is 10.7. The van der Waals surface area contributed by atoms with E-state index in [1.165, 1.54) is 12.8 Å². The number of ether oxygens (including phenoxy) is 1. The van der Waals surface area contributed by atoms with E-state index in [1.54, 1.807) is 0 Å². The van der Waals surface area contributed by atoms with E-state index >= 15 is 0 Å². The fraction of sp³-hybridized carbons (Fsp3) is 0.769. The standard InChI is InChI=1S/C13H24O2/c1-6-7-8-9-10-11(2)12(14)15-13(3,4)5/h10H,6-9H2,1-5H3. The van der Waals surface area contributed by atoms with Crippen molar-refractivity contribution in [2.24, 2.45) is 0 Å². The normalized spacial score (nSPS) is 12.7. The maximum Gasteiger partial charge on any atom is 0.333 e. The summed E-state index contributed by atoms with van der Waals surface area (Å²) in [6.07, 6.45) is 6.52. The Morgan fingerprint density at radius 2 is 1.87 bits per heavy atom. The van der Waals surface area contributed by atoms with Crippen molar-refractivity contribution in [1.29, 1.82) is 0 Å². The zero-order valence-corrected chi connectivity index (χ0v) is 10.7. The minimum absolute atomic E-state index is 0.195. The summed E-state index contributed by atoms with van der Waals surface area (Å²) in [5.74, 6) is -0.195. The first-order valence-electron chi connectivity index (χ1n) is 5.77. The number of carbonyl (C=O) groups excluding carboxylic acids is 1. The summed E-state index contributed by atoms with van der Waals surface area (Å²) in [7, 11) is 0. The summed E-state index contributed by atoms with van der Waals surface area (Å²) in [5, 5.41) is 0. The minimum atomic E-state index is -0.393. The molecule has 0 atom stereocenters.